The fourth-order valence-electron chi connectivity index (χ4n) is 3.01. The average molecular weight is 225 g/mol. The Morgan fingerprint density at radius 2 is 1.56 bits per heavy atom. The second kappa shape index (κ2) is 6.05. The first-order chi connectivity index (χ1) is 7.39. The van der Waals surface area contributed by atoms with Crippen molar-refractivity contribution in [2.24, 2.45) is 17.3 Å². The molecule has 96 valence electrons. The van der Waals surface area contributed by atoms with Gasteiger partial charge in [0.25, 0.3) is 0 Å². The van der Waals surface area contributed by atoms with Crippen LogP contribution in [0.1, 0.15) is 59.3 Å². The summed E-state index contributed by atoms with van der Waals surface area (Å²) in [4.78, 5) is 2.31. The van der Waals surface area contributed by atoms with Crippen molar-refractivity contribution < 1.29 is 0 Å². The molecule has 1 fully saturated rings. The van der Waals surface area contributed by atoms with Crippen LogP contribution in [0.25, 0.3) is 0 Å². The maximum absolute atomic E-state index is 2.41. The Kier molecular flexibility index (Phi) is 5.30. The molecule has 1 nitrogen and oxygen atoms in total. The van der Waals surface area contributed by atoms with Gasteiger partial charge in [0.1, 0.15) is 0 Å². The zero-order valence-electron chi connectivity index (χ0n) is 12.1. The summed E-state index contributed by atoms with van der Waals surface area (Å²) in [5.41, 5.74) is 0.536. The lowest BCUT2D eigenvalue weighted by molar-refractivity contribution is 0.144. The molecule has 1 aliphatic rings. The molecule has 0 unspecified atom stereocenters. The van der Waals surface area contributed by atoms with Crippen LogP contribution < -0.4 is 0 Å². The fourth-order valence-corrected chi connectivity index (χ4v) is 3.01. The van der Waals surface area contributed by atoms with Crippen molar-refractivity contribution in [2.45, 2.75) is 59.3 Å². The summed E-state index contributed by atoms with van der Waals surface area (Å²) in [7, 11) is 4.35. The van der Waals surface area contributed by atoms with Crippen molar-refractivity contribution in [3.8, 4) is 0 Å². The Bertz CT molecular complexity index is 182. The molecule has 0 N–H and O–H groups in total. The first-order valence-corrected chi connectivity index (χ1v) is 7.04. The largest absolute Gasteiger partial charge is 0.309 e. The number of rotatable bonds is 4. The molecule has 0 aromatic heterocycles. The van der Waals surface area contributed by atoms with Crippen LogP contribution in [0.2, 0.25) is 0 Å². The lowest BCUT2D eigenvalue weighted by Crippen LogP contribution is -2.26. The van der Waals surface area contributed by atoms with Crippen LogP contribution in [-0.2, 0) is 0 Å². The summed E-state index contributed by atoms with van der Waals surface area (Å²) in [6.07, 6.45) is 8.74. The molecule has 0 aromatic rings. The van der Waals surface area contributed by atoms with E-state index in [0.29, 0.717) is 5.41 Å². The van der Waals surface area contributed by atoms with Crippen molar-refractivity contribution in [3.63, 3.8) is 0 Å². The van der Waals surface area contributed by atoms with E-state index in [1.165, 1.54) is 45.1 Å². The highest BCUT2D eigenvalue weighted by atomic mass is 15.0. The molecule has 0 heterocycles. The lowest BCUT2D eigenvalue weighted by Gasteiger charge is -2.37. The second-order valence-corrected chi connectivity index (χ2v) is 7.03. The molecule has 1 rings (SSSR count). The minimum Gasteiger partial charge on any atom is -0.309 e. The Balaban J connectivity index is 2.17. The summed E-state index contributed by atoms with van der Waals surface area (Å²) < 4.78 is 0. The van der Waals surface area contributed by atoms with Gasteiger partial charge in [-0.3, -0.25) is 0 Å². The second-order valence-electron chi connectivity index (χ2n) is 7.03. The highest BCUT2D eigenvalue weighted by Crippen LogP contribution is 2.40. The van der Waals surface area contributed by atoms with Gasteiger partial charge >= 0.3 is 0 Å². The van der Waals surface area contributed by atoms with Gasteiger partial charge in [0.05, 0.1) is 0 Å². The van der Waals surface area contributed by atoms with Crippen LogP contribution in [0, 0.1) is 17.3 Å². The van der Waals surface area contributed by atoms with E-state index >= 15 is 0 Å². The third-order valence-electron chi connectivity index (χ3n) is 4.29. The SMILES string of the molecule is CN(C)CCCC1CCC(C(C)(C)C)CC1. The van der Waals surface area contributed by atoms with Crippen LogP contribution in [0.3, 0.4) is 0 Å². The first kappa shape index (κ1) is 14.0. The van der Waals surface area contributed by atoms with E-state index in [1.807, 2.05) is 0 Å². The molecule has 0 spiro atoms. The van der Waals surface area contributed by atoms with Gasteiger partial charge in [0.2, 0.25) is 0 Å². The Labute approximate surface area is 103 Å². The van der Waals surface area contributed by atoms with Gasteiger partial charge in [-0.1, -0.05) is 33.6 Å². The van der Waals surface area contributed by atoms with Crippen LogP contribution in [-0.4, -0.2) is 25.5 Å². The molecule has 0 radical (unpaired) electrons. The third-order valence-corrected chi connectivity index (χ3v) is 4.29. The molecular formula is C15H31N. The molecule has 0 amide bonds. The molecule has 0 aliphatic heterocycles. The number of hydrogen-bond acceptors (Lipinski definition) is 1. The molecule has 0 atom stereocenters. The highest BCUT2D eigenvalue weighted by molar-refractivity contribution is 4.80. The van der Waals surface area contributed by atoms with Gasteiger partial charge in [0, 0.05) is 0 Å². The molecule has 1 aliphatic carbocycles. The molecule has 0 bridgehead atoms. The monoisotopic (exact) mass is 225 g/mol. The molecule has 1 heteroatoms. The Morgan fingerprint density at radius 1 is 1.00 bits per heavy atom. The maximum atomic E-state index is 2.41. The Hall–Kier alpha value is -0.0400. The standard InChI is InChI=1S/C15H31N/c1-15(2,3)14-10-8-13(9-11-14)7-6-12-16(4)5/h13-14H,6-12H2,1-5H3. The molecule has 0 aromatic carbocycles. The van der Waals surface area contributed by atoms with Crippen LogP contribution in [0.15, 0.2) is 0 Å². The normalized spacial score (nSPS) is 27.4. The Morgan fingerprint density at radius 3 is 2.00 bits per heavy atom. The summed E-state index contributed by atoms with van der Waals surface area (Å²) in [5.74, 6) is 2.00. The highest BCUT2D eigenvalue weighted by Gasteiger charge is 2.29. The van der Waals surface area contributed by atoms with Gasteiger partial charge in [-0.2, -0.15) is 0 Å². The van der Waals surface area contributed by atoms with Gasteiger partial charge in [-0.05, 0) is 63.6 Å². The quantitative estimate of drug-likeness (QED) is 0.694. The van der Waals surface area contributed by atoms with Crippen molar-refractivity contribution in [1.29, 1.82) is 0 Å². The fraction of sp³-hybridized carbons (Fsp3) is 1.00. The van der Waals surface area contributed by atoms with Crippen molar-refractivity contribution >= 4 is 0 Å². The first-order valence-electron chi connectivity index (χ1n) is 7.04. The number of hydrogen-bond donors (Lipinski definition) is 0. The van der Waals surface area contributed by atoms with Crippen molar-refractivity contribution in [1.82, 2.24) is 4.90 Å². The average Bonchev–Trinajstić information content (AvgIpc) is 2.16. The zero-order valence-corrected chi connectivity index (χ0v) is 12.1. The van der Waals surface area contributed by atoms with E-state index in [-0.39, 0.29) is 0 Å². The van der Waals surface area contributed by atoms with Crippen LogP contribution in [0.5, 0.6) is 0 Å². The lowest BCUT2D eigenvalue weighted by atomic mass is 9.69. The minimum atomic E-state index is 0.536. The van der Waals surface area contributed by atoms with E-state index in [0.717, 1.165) is 11.8 Å². The van der Waals surface area contributed by atoms with Gasteiger partial charge < -0.3 is 4.90 Å². The van der Waals surface area contributed by atoms with Crippen LogP contribution >= 0.6 is 0 Å². The summed E-state index contributed by atoms with van der Waals surface area (Å²) in [5, 5.41) is 0. The van der Waals surface area contributed by atoms with Gasteiger partial charge in [-0.25, -0.2) is 0 Å². The van der Waals surface area contributed by atoms with Crippen LogP contribution in [0.4, 0.5) is 0 Å². The van der Waals surface area contributed by atoms with Gasteiger partial charge in [0.15, 0.2) is 0 Å². The summed E-state index contributed by atoms with van der Waals surface area (Å²) in [6.45, 7) is 8.48. The number of nitrogens with zero attached hydrogens (tertiary/aromatic N) is 1. The molecular weight excluding hydrogens is 194 g/mol. The predicted molar refractivity (Wildman–Crippen MR) is 72.7 cm³/mol. The van der Waals surface area contributed by atoms with E-state index in [4.69, 9.17) is 0 Å². The summed E-state index contributed by atoms with van der Waals surface area (Å²) in [6, 6.07) is 0. The summed E-state index contributed by atoms with van der Waals surface area (Å²) >= 11 is 0. The van der Waals surface area contributed by atoms with Gasteiger partial charge in [-0.15, -0.1) is 0 Å². The zero-order chi connectivity index (χ0) is 12.2. The van der Waals surface area contributed by atoms with E-state index in [2.05, 4.69) is 39.8 Å². The molecule has 0 saturated heterocycles. The minimum absolute atomic E-state index is 0.536. The van der Waals surface area contributed by atoms with Crippen molar-refractivity contribution in [2.75, 3.05) is 20.6 Å². The van der Waals surface area contributed by atoms with Crippen molar-refractivity contribution in [3.05, 3.63) is 0 Å². The molecule has 1 saturated carbocycles. The molecule has 16 heavy (non-hydrogen) atoms. The third kappa shape index (κ3) is 4.86. The van der Waals surface area contributed by atoms with E-state index in [9.17, 15) is 0 Å². The maximum Gasteiger partial charge on any atom is -0.00247 e. The van der Waals surface area contributed by atoms with E-state index in [1.54, 1.807) is 0 Å². The topological polar surface area (TPSA) is 3.24 Å². The predicted octanol–water partition coefficient (Wildman–Crippen LogP) is 4.18. The smallest absolute Gasteiger partial charge is 0.00247 e. The van der Waals surface area contributed by atoms with E-state index < -0.39 is 0 Å².